The fraction of sp³-hybridized carbons (Fsp3) is 0.455. The molecule has 1 aromatic heterocycles. The van der Waals surface area contributed by atoms with Crippen molar-refractivity contribution < 1.29 is 15.0 Å². The normalized spacial score (nSPS) is 10.3. The summed E-state index contributed by atoms with van der Waals surface area (Å²) in [5, 5.41) is 18.1. The minimum absolute atomic E-state index is 0.234. The lowest BCUT2D eigenvalue weighted by molar-refractivity contribution is 0.0696. The molecule has 0 fully saturated rings. The van der Waals surface area contributed by atoms with Gasteiger partial charge in [0.05, 0.1) is 10.6 Å². The highest BCUT2D eigenvalue weighted by Crippen LogP contribution is 2.18. The van der Waals surface area contributed by atoms with E-state index in [-0.39, 0.29) is 12.2 Å². The Bertz CT molecular complexity index is 344. The Balaban J connectivity index is 2.36. The highest BCUT2D eigenvalue weighted by Gasteiger charge is 2.04. The second-order valence-corrected chi connectivity index (χ2v) is 4.44. The monoisotopic (exact) mass is 241 g/mol. The molecule has 88 valence electrons. The van der Waals surface area contributed by atoms with Crippen LogP contribution in [-0.2, 0) is 0 Å². The number of aliphatic hydroxyl groups excluding tert-OH is 1. The zero-order chi connectivity index (χ0) is 11.8. The third kappa shape index (κ3) is 4.63. The molecule has 16 heavy (non-hydrogen) atoms. The first-order chi connectivity index (χ1) is 7.74. The molecule has 0 amide bonds. The SMILES string of the molecule is O=C(O)c1ccnc(SCCCCCO)c1. The maximum absolute atomic E-state index is 10.7. The highest BCUT2D eigenvalue weighted by molar-refractivity contribution is 7.99. The van der Waals surface area contributed by atoms with Gasteiger partial charge in [0.15, 0.2) is 0 Å². The van der Waals surface area contributed by atoms with E-state index in [9.17, 15) is 4.79 Å². The number of hydrogen-bond donors (Lipinski definition) is 2. The summed E-state index contributed by atoms with van der Waals surface area (Å²) in [6.07, 6.45) is 4.33. The van der Waals surface area contributed by atoms with E-state index in [4.69, 9.17) is 10.2 Å². The van der Waals surface area contributed by atoms with E-state index in [0.717, 1.165) is 30.0 Å². The van der Waals surface area contributed by atoms with Crippen LogP contribution in [0.4, 0.5) is 0 Å². The van der Waals surface area contributed by atoms with Crippen LogP contribution in [0.15, 0.2) is 23.4 Å². The number of aromatic carboxylic acids is 1. The molecule has 5 heteroatoms. The van der Waals surface area contributed by atoms with Crippen LogP contribution in [0, 0.1) is 0 Å². The second-order valence-electron chi connectivity index (χ2n) is 3.32. The van der Waals surface area contributed by atoms with Gasteiger partial charge >= 0.3 is 5.97 Å². The van der Waals surface area contributed by atoms with Crippen LogP contribution in [0.25, 0.3) is 0 Å². The molecule has 0 aliphatic heterocycles. The maximum atomic E-state index is 10.7. The van der Waals surface area contributed by atoms with Gasteiger partial charge in [-0.15, -0.1) is 11.8 Å². The Morgan fingerprint density at radius 1 is 1.38 bits per heavy atom. The van der Waals surface area contributed by atoms with Crippen molar-refractivity contribution in [2.24, 2.45) is 0 Å². The van der Waals surface area contributed by atoms with Crippen LogP contribution in [0.1, 0.15) is 29.6 Å². The number of aromatic nitrogens is 1. The van der Waals surface area contributed by atoms with E-state index in [1.807, 2.05) is 0 Å². The largest absolute Gasteiger partial charge is 0.478 e. The van der Waals surface area contributed by atoms with E-state index < -0.39 is 5.97 Å². The molecule has 1 aromatic rings. The lowest BCUT2D eigenvalue weighted by Gasteiger charge is -2.01. The predicted molar refractivity (Wildman–Crippen MR) is 62.9 cm³/mol. The number of unbranched alkanes of at least 4 members (excludes halogenated alkanes) is 2. The lowest BCUT2D eigenvalue weighted by Crippen LogP contribution is -1.97. The van der Waals surface area contributed by atoms with Crippen molar-refractivity contribution in [2.45, 2.75) is 24.3 Å². The molecule has 0 unspecified atom stereocenters. The Labute approximate surface area is 98.7 Å². The molecule has 0 aliphatic carbocycles. The van der Waals surface area contributed by atoms with Crippen molar-refractivity contribution in [3.63, 3.8) is 0 Å². The number of rotatable bonds is 7. The molecule has 0 atom stereocenters. The van der Waals surface area contributed by atoms with Crippen molar-refractivity contribution in [3.8, 4) is 0 Å². The third-order valence-electron chi connectivity index (χ3n) is 2.03. The Hall–Kier alpha value is -1.07. The first kappa shape index (κ1) is 13.0. The zero-order valence-corrected chi connectivity index (χ0v) is 9.74. The van der Waals surface area contributed by atoms with Gasteiger partial charge < -0.3 is 10.2 Å². The Morgan fingerprint density at radius 3 is 2.88 bits per heavy atom. The molecular weight excluding hydrogens is 226 g/mol. The standard InChI is InChI=1S/C11H15NO3S/c13-6-2-1-3-7-16-10-8-9(11(14)15)4-5-12-10/h4-5,8,13H,1-3,6-7H2,(H,14,15). The fourth-order valence-electron chi connectivity index (χ4n) is 1.19. The summed E-state index contributed by atoms with van der Waals surface area (Å²) >= 11 is 1.55. The summed E-state index contributed by atoms with van der Waals surface area (Å²) in [6.45, 7) is 0.234. The van der Waals surface area contributed by atoms with Crippen LogP contribution >= 0.6 is 11.8 Å². The number of pyridine rings is 1. The van der Waals surface area contributed by atoms with Crippen molar-refractivity contribution in [2.75, 3.05) is 12.4 Å². The van der Waals surface area contributed by atoms with E-state index in [2.05, 4.69) is 4.98 Å². The number of thioether (sulfide) groups is 1. The minimum atomic E-state index is -0.926. The topological polar surface area (TPSA) is 70.4 Å². The third-order valence-corrected chi connectivity index (χ3v) is 3.05. The van der Waals surface area contributed by atoms with E-state index in [1.54, 1.807) is 17.8 Å². The molecule has 0 saturated carbocycles. The van der Waals surface area contributed by atoms with Crippen LogP contribution in [0.5, 0.6) is 0 Å². The summed E-state index contributed by atoms with van der Waals surface area (Å²) in [5.74, 6) is -0.0275. The molecule has 0 aliphatic rings. The van der Waals surface area contributed by atoms with Gasteiger partial charge in [-0.2, -0.15) is 0 Å². The lowest BCUT2D eigenvalue weighted by atomic mass is 10.3. The van der Waals surface area contributed by atoms with Gasteiger partial charge in [0, 0.05) is 12.8 Å². The summed E-state index contributed by atoms with van der Waals surface area (Å²) in [5.41, 5.74) is 0.271. The number of nitrogens with zero attached hydrogens (tertiary/aromatic N) is 1. The molecule has 0 bridgehead atoms. The zero-order valence-electron chi connectivity index (χ0n) is 8.93. The van der Waals surface area contributed by atoms with E-state index in [1.165, 1.54) is 12.3 Å². The smallest absolute Gasteiger partial charge is 0.335 e. The molecule has 0 spiro atoms. The number of carbonyl (C=O) groups is 1. The molecule has 0 radical (unpaired) electrons. The molecule has 2 N–H and O–H groups in total. The van der Waals surface area contributed by atoms with Crippen LogP contribution < -0.4 is 0 Å². The van der Waals surface area contributed by atoms with Gasteiger partial charge in [0.2, 0.25) is 0 Å². The summed E-state index contributed by atoms with van der Waals surface area (Å²) in [4.78, 5) is 14.8. The van der Waals surface area contributed by atoms with Gasteiger partial charge in [-0.3, -0.25) is 0 Å². The van der Waals surface area contributed by atoms with Crippen molar-refractivity contribution in [1.82, 2.24) is 4.98 Å². The molecule has 4 nitrogen and oxygen atoms in total. The second kappa shape index (κ2) is 7.24. The van der Waals surface area contributed by atoms with E-state index >= 15 is 0 Å². The number of hydrogen-bond acceptors (Lipinski definition) is 4. The average molecular weight is 241 g/mol. The molecule has 0 saturated heterocycles. The van der Waals surface area contributed by atoms with Gasteiger partial charge in [0.1, 0.15) is 0 Å². The minimum Gasteiger partial charge on any atom is -0.478 e. The molecular formula is C11H15NO3S. The van der Waals surface area contributed by atoms with Crippen LogP contribution in [0.3, 0.4) is 0 Å². The first-order valence-corrected chi connectivity index (χ1v) is 6.15. The number of carboxylic acid groups (broad SMARTS) is 1. The van der Waals surface area contributed by atoms with Crippen molar-refractivity contribution >= 4 is 17.7 Å². The number of carboxylic acids is 1. The van der Waals surface area contributed by atoms with Crippen molar-refractivity contribution in [1.29, 1.82) is 0 Å². The first-order valence-electron chi connectivity index (χ1n) is 5.17. The van der Waals surface area contributed by atoms with Crippen LogP contribution in [0.2, 0.25) is 0 Å². The summed E-state index contributed by atoms with van der Waals surface area (Å²) in [7, 11) is 0. The molecule has 1 heterocycles. The summed E-state index contributed by atoms with van der Waals surface area (Å²) in [6, 6.07) is 3.07. The maximum Gasteiger partial charge on any atom is 0.335 e. The highest BCUT2D eigenvalue weighted by atomic mass is 32.2. The van der Waals surface area contributed by atoms with Gasteiger partial charge in [0.25, 0.3) is 0 Å². The van der Waals surface area contributed by atoms with Crippen LogP contribution in [-0.4, -0.2) is 33.5 Å². The Kier molecular flexibility index (Phi) is 5.88. The molecule has 0 aromatic carbocycles. The van der Waals surface area contributed by atoms with Crippen molar-refractivity contribution in [3.05, 3.63) is 23.9 Å². The average Bonchev–Trinajstić information content (AvgIpc) is 2.29. The van der Waals surface area contributed by atoms with E-state index in [0.29, 0.717) is 0 Å². The van der Waals surface area contributed by atoms with Gasteiger partial charge in [-0.1, -0.05) is 6.42 Å². The summed E-state index contributed by atoms with van der Waals surface area (Å²) < 4.78 is 0. The quantitative estimate of drug-likeness (QED) is 0.564. The predicted octanol–water partition coefficient (Wildman–Crippen LogP) is 2.03. The fourth-order valence-corrected chi connectivity index (χ4v) is 2.09. The van der Waals surface area contributed by atoms with Gasteiger partial charge in [-0.05, 0) is 30.7 Å². The van der Waals surface area contributed by atoms with Gasteiger partial charge in [-0.25, -0.2) is 9.78 Å². The number of aliphatic hydroxyl groups is 1. The Morgan fingerprint density at radius 2 is 2.19 bits per heavy atom. The molecule has 1 rings (SSSR count).